The molecule has 0 amide bonds. The Morgan fingerprint density at radius 1 is 0.462 bits per heavy atom. The van der Waals surface area contributed by atoms with Gasteiger partial charge in [0.2, 0.25) is 0 Å². The van der Waals surface area contributed by atoms with E-state index in [-0.39, 0.29) is 25.6 Å². The summed E-state index contributed by atoms with van der Waals surface area (Å²) in [6, 6.07) is 0. The van der Waals surface area contributed by atoms with Crippen molar-refractivity contribution in [2.75, 3.05) is 47.5 Å². The highest BCUT2D eigenvalue weighted by atomic mass is 31.2. The molecule has 1 N–H and O–H groups in total. The van der Waals surface area contributed by atoms with E-state index >= 15 is 0 Å². The van der Waals surface area contributed by atoms with E-state index in [4.69, 9.17) is 18.5 Å². The second kappa shape index (κ2) is 47.8. The number of hydrogen-bond acceptors (Lipinski definition) is 7. The van der Waals surface area contributed by atoms with Gasteiger partial charge in [-0.05, 0) is 38.5 Å². The van der Waals surface area contributed by atoms with Crippen molar-refractivity contribution in [3.63, 3.8) is 0 Å². The number of phosphoric acid groups is 1. The minimum atomic E-state index is -4.38. The van der Waals surface area contributed by atoms with Crippen LogP contribution in [-0.2, 0) is 32.7 Å². The van der Waals surface area contributed by atoms with Crippen LogP contribution < -0.4 is 0 Å². The molecule has 10 heteroatoms. The van der Waals surface area contributed by atoms with Gasteiger partial charge < -0.3 is 18.9 Å². The van der Waals surface area contributed by atoms with Gasteiger partial charge in [0, 0.05) is 12.8 Å². The van der Waals surface area contributed by atoms with Crippen LogP contribution in [0.5, 0.6) is 0 Å². The van der Waals surface area contributed by atoms with Gasteiger partial charge in [0.1, 0.15) is 19.8 Å². The van der Waals surface area contributed by atoms with Crippen molar-refractivity contribution >= 4 is 19.8 Å². The molecule has 0 heterocycles. The summed E-state index contributed by atoms with van der Waals surface area (Å²) >= 11 is 0. The molecule has 0 radical (unpaired) electrons. The van der Waals surface area contributed by atoms with Gasteiger partial charge >= 0.3 is 19.8 Å². The van der Waals surface area contributed by atoms with E-state index in [1.807, 2.05) is 21.1 Å². The molecule has 0 spiro atoms. The third kappa shape index (κ3) is 52.0. The predicted molar refractivity (Wildman–Crippen MR) is 275 cm³/mol. The summed E-state index contributed by atoms with van der Waals surface area (Å²) in [4.78, 5) is 35.6. The molecule has 0 saturated carbocycles. The summed E-state index contributed by atoms with van der Waals surface area (Å²) in [6.45, 7) is 4.48. The summed E-state index contributed by atoms with van der Waals surface area (Å²) < 4.78 is 34.5. The molecule has 0 rings (SSSR count). The molecule has 2 atom stereocenters. The van der Waals surface area contributed by atoms with Crippen LogP contribution in [0.4, 0.5) is 0 Å². The molecule has 65 heavy (non-hydrogen) atoms. The van der Waals surface area contributed by atoms with Crippen LogP contribution in [0.25, 0.3) is 0 Å². The minimum Gasteiger partial charge on any atom is -0.462 e. The molecular weight excluding hydrogens is 834 g/mol. The monoisotopic (exact) mass is 943 g/mol. The van der Waals surface area contributed by atoms with E-state index in [1.54, 1.807) is 0 Å². The standard InChI is InChI=1S/C55H108NO8P/c1-6-8-10-12-14-16-18-20-22-24-26-28-30-31-33-35-37-39-41-43-45-47-54(57)61-51-53(52-63-65(59,60)62-50-49-56(3,4)5)64-55(58)48-46-44-42-40-38-36-34-32-29-27-25-23-21-19-17-15-13-11-9-7-2/h20,22,53H,6-19,21,23-52H2,1-5H3/p+1/b22-20+/t53-/m1/s1. The molecule has 0 aromatic rings. The number of esters is 2. The Balaban J connectivity index is 4.16. The lowest BCUT2D eigenvalue weighted by molar-refractivity contribution is -0.870. The first-order valence-corrected chi connectivity index (χ1v) is 29.4. The Hall–Kier alpha value is -1.25. The lowest BCUT2D eigenvalue weighted by Crippen LogP contribution is -2.37. The fraction of sp³-hybridized carbons (Fsp3) is 0.927. The van der Waals surface area contributed by atoms with Gasteiger partial charge in [0.05, 0.1) is 27.7 Å². The Kier molecular flexibility index (Phi) is 46.9. The fourth-order valence-electron chi connectivity index (χ4n) is 8.19. The van der Waals surface area contributed by atoms with Crippen LogP contribution in [0, 0.1) is 0 Å². The van der Waals surface area contributed by atoms with Gasteiger partial charge in [0.15, 0.2) is 6.10 Å². The predicted octanol–water partition coefficient (Wildman–Crippen LogP) is 16.9. The molecule has 1 unspecified atom stereocenters. The number of quaternary nitrogens is 1. The second-order valence-corrected chi connectivity index (χ2v) is 21.8. The number of carbonyl (C=O) groups is 2. The fourth-order valence-corrected chi connectivity index (χ4v) is 8.93. The quantitative estimate of drug-likeness (QED) is 0.0211. The van der Waals surface area contributed by atoms with E-state index in [1.165, 1.54) is 212 Å². The Labute approximate surface area is 403 Å². The number of likely N-dealkylation sites (N-methyl/N-ethyl adjacent to an activating group) is 1. The number of allylic oxidation sites excluding steroid dienone is 2. The SMILES string of the molecule is CCCCCCCC/C=C/CCCCCCCCCCCCCC(=O)OC[C@H](COP(=O)(O)OCC[N+](C)(C)C)OC(=O)CCCCCCCCCCCCCCCCCCCCCC. The first-order valence-electron chi connectivity index (χ1n) is 27.9. The Morgan fingerprint density at radius 3 is 1.14 bits per heavy atom. The summed E-state index contributed by atoms with van der Waals surface area (Å²) in [5, 5.41) is 0. The lowest BCUT2D eigenvalue weighted by Gasteiger charge is -2.24. The van der Waals surface area contributed by atoms with Crippen molar-refractivity contribution in [1.82, 2.24) is 0 Å². The Bertz CT molecular complexity index is 1110. The smallest absolute Gasteiger partial charge is 0.462 e. The molecule has 0 aliphatic carbocycles. The zero-order valence-electron chi connectivity index (χ0n) is 43.8. The van der Waals surface area contributed by atoms with Crippen LogP contribution in [0.15, 0.2) is 12.2 Å². The van der Waals surface area contributed by atoms with Gasteiger partial charge in [-0.25, -0.2) is 4.57 Å². The van der Waals surface area contributed by atoms with Crippen LogP contribution in [0.1, 0.15) is 277 Å². The molecule has 9 nitrogen and oxygen atoms in total. The zero-order valence-corrected chi connectivity index (χ0v) is 44.6. The number of phosphoric ester groups is 1. The van der Waals surface area contributed by atoms with Crippen LogP contribution >= 0.6 is 7.82 Å². The van der Waals surface area contributed by atoms with E-state index in [0.717, 1.165) is 38.5 Å². The number of ether oxygens (including phenoxy) is 2. The molecular formula is C55H109NO8P+. The van der Waals surface area contributed by atoms with Gasteiger partial charge in [-0.15, -0.1) is 0 Å². The van der Waals surface area contributed by atoms with Crippen molar-refractivity contribution in [2.45, 2.75) is 283 Å². The number of nitrogens with zero attached hydrogens (tertiary/aromatic N) is 1. The Morgan fingerprint density at radius 2 is 0.785 bits per heavy atom. The highest BCUT2D eigenvalue weighted by molar-refractivity contribution is 7.47. The lowest BCUT2D eigenvalue weighted by atomic mass is 10.0. The van der Waals surface area contributed by atoms with E-state index in [0.29, 0.717) is 17.4 Å². The first kappa shape index (κ1) is 63.8. The number of unbranched alkanes of at least 4 members (excludes halogenated alkanes) is 36. The number of carbonyl (C=O) groups excluding carboxylic acids is 2. The third-order valence-corrected chi connectivity index (χ3v) is 13.5. The van der Waals surface area contributed by atoms with Gasteiger partial charge in [-0.2, -0.15) is 0 Å². The van der Waals surface area contributed by atoms with E-state index < -0.39 is 26.5 Å². The number of hydrogen-bond donors (Lipinski definition) is 1. The maximum absolute atomic E-state index is 12.8. The summed E-state index contributed by atoms with van der Waals surface area (Å²) in [7, 11) is 1.49. The summed E-state index contributed by atoms with van der Waals surface area (Å²) in [5.74, 6) is -0.780. The van der Waals surface area contributed by atoms with E-state index in [2.05, 4.69) is 26.0 Å². The summed E-state index contributed by atoms with van der Waals surface area (Å²) in [6.07, 6.45) is 54.1. The average Bonchev–Trinajstić information content (AvgIpc) is 3.26. The van der Waals surface area contributed by atoms with Crippen molar-refractivity contribution in [1.29, 1.82) is 0 Å². The molecule has 386 valence electrons. The number of rotatable bonds is 52. The van der Waals surface area contributed by atoms with Crippen molar-refractivity contribution in [2.24, 2.45) is 0 Å². The molecule has 0 aromatic carbocycles. The van der Waals surface area contributed by atoms with Gasteiger partial charge in [-0.3, -0.25) is 18.6 Å². The molecule has 0 saturated heterocycles. The zero-order chi connectivity index (χ0) is 47.8. The van der Waals surface area contributed by atoms with Gasteiger partial charge in [-0.1, -0.05) is 238 Å². The highest BCUT2D eigenvalue weighted by Crippen LogP contribution is 2.43. The largest absolute Gasteiger partial charge is 0.472 e. The van der Waals surface area contributed by atoms with Crippen LogP contribution in [0.2, 0.25) is 0 Å². The first-order chi connectivity index (χ1) is 31.5. The maximum Gasteiger partial charge on any atom is 0.472 e. The molecule has 0 aliphatic rings. The topological polar surface area (TPSA) is 108 Å². The van der Waals surface area contributed by atoms with Crippen molar-refractivity contribution in [3.05, 3.63) is 12.2 Å². The van der Waals surface area contributed by atoms with Crippen LogP contribution in [-0.4, -0.2) is 74.9 Å². The molecule has 0 fully saturated rings. The van der Waals surface area contributed by atoms with E-state index in [9.17, 15) is 19.0 Å². The third-order valence-electron chi connectivity index (χ3n) is 12.5. The highest BCUT2D eigenvalue weighted by Gasteiger charge is 2.27. The minimum absolute atomic E-state index is 0.0356. The molecule has 0 aromatic heterocycles. The van der Waals surface area contributed by atoms with Crippen molar-refractivity contribution in [3.8, 4) is 0 Å². The van der Waals surface area contributed by atoms with Gasteiger partial charge in [0.25, 0.3) is 0 Å². The molecule has 0 bridgehead atoms. The second-order valence-electron chi connectivity index (χ2n) is 20.3. The van der Waals surface area contributed by atoms with Crippen LogP contribution in [0.3, 0.4) is 0 Å². The normalized spacial score (nSPS) is 13.4. The average molecular weight is 943 g/mol. The molecule has 0 aliphatic heterocycles. The van der Waals surface area contributed by atoms with Crippen molar-refractivity contribution < 1.29 is 42.1 Å². The summed E-state index contributed by atoms with van der Waals surface area (Å²) in [5.41, 5.74) is 0. The maximum atomic E-state index is 12.8.